The zero-order chi connectivity index (χ0) is 14.2. The Morgan fingerprint density at radius 2 is 2.11 bits per heavy atom. The van der Waals surface area contributed by atoms with Crippen LogP contribution in [0.25, 0.3) is 0 Å². The van der Waals surface area contributed by atoms with Crippen molar-refractivity contribution in [1.29, 1.82) is 0 Å². The van der Waals surface area contributed by atoms with Crippen molar-refractivity contribution in [3.05, 3.63) is 23.3 Å². The highest BCUT2D eigenvalue weighted by Gasteiger charge is 2.35. The van der Waals surface area contributed by atoms with Gasteiger partial charge in [0.25, 0.3) is 0 Å². The second-order valence-electron chi connectivity index (χ2n) is 4.33. The van der Waals surface area contributed by atoms with E-state index >= 15 is 0 Å². The van der Waals surface area contributed by atoms with Gasteiger partial charge in [-0.3, -0.25) is 4.79 Å². The Bertz CT molecular complexity index is 536. The zero-order valence-corrected chi connectivity index (χ0v) is 10.5. The zero-order valence-electron chi connectivity index (χ0n) is 10.5. The summed E-state index contributed by atoms with van der Waals surface area (Å²) >= 11 is 0. The van der Waals surface area contributed by atoms with E-state index in [1.807, 2.05) is 0 Å². The lowest BCUT2D eigenvalue weighted by Crippen LogP contribution is -2.33. The van der Waals surface area contributed by atoms with Crippen LogP contribution in [0.4, 0.5) is 0 Å². The summed E-state index contributed by atoms with van der Waals surface area (Å²) in [5.74, 6) is -1.35. The van der Waals surface area contributed by atoms with E-state index in [0.29, 0.717) is 5.56 Å². The van der Waals surface area contributed by atoms with Crippen molar-refractivity contribution in [3.63, 3.8) is 0 Å². The van der Waals surface area contributed by atoms with Crippen LogP contribution < -0.4 is 4.74 Å². The van der Waals surface area contributed by atoms with Gasteiger partial charge in [-0.15, -0.1) is 0 Å². The van der Waals surface area contributed by atoms with Crippen molar-refractivity contribution in [1.82, 2.24) is 0 Å². The van der Waals surface area contributed by atoms with E-state index in [4.69, 9.17) is 14.6 Å². The number of aliphatic carboxylic acids is 1. The van der Waals surface area contributed by atoms with Gasteiger partial charge in [0.15, 0.2) is 11.9 Å². The van der Waals surface area contributed by atoms with E-state index in [-0.39, 0.29) is 29.3 Å². The summed E-state index contributed by atoms with van der Waals surface area (Å²) in [7, 11) is 1.42. The molecule has 2 rings (SSSR count). The summed E-state index contributed by atoms with van der Waals surface area (Å²) in [4.78, 5) is 22.4. The van der Waals surface area contributed by atoms with E-state index in [2.05, 4.69) is 0 Å². The lowest BCUT2D eigenvalue weighted by molar-refractivity contribution is -0.148. The second kappa shape index (κ2) is 4.89. The lowest BCUT2D eigenvalue weighted by atomic mass is 9.94. The van der Waals surface area contributed by atoms with Crippen LogP contribution in [0.5, 0.6) is 11.5 Å². The number of rotatable bonds is 3. The van der Waals surface area contributed by atoms with Gasteiger partial charge in [-0.25, -0.2) is 4.79 Å². The van der Waals surface area contributed by atoms with E-state index < -0.39 is 18.2 Å². The number of Topliss-reactive ketones (excluding diaryl/α,β-unsaturated/α-hetero) is 1. The summed E-state index contributed by atoms with van der Waals surface area (Å²) in [6, 6.07) is 2.89. The number of fused-ring (bicyclic) bond motifs is 1. The third-order valence-corrected chi connectivity index (χ3v) is 3.14. The largest absolute Gasteiger partial charge is 0.507 e. The van der Waals surface area contributed by atoms with Crippen molar-refractivity contribution in [2.75, 3.05) is 7.11 Å². The number of ether oxygens (including phenoxy) is 2. The predicted molar refractivity (Wildman–Crippen MR) is 64.5 cm³/mol. The number of phenolic OH excluding ortho intramolecular Hbond substituents is 1. The number of benzene rings is 1. The molecular formula is C13H14O6. The minimum absolute atomic E-state index is 0.0771. The fourth-order valence-electron chi connectivity index (χ4n) is 2.17. The number of phenols is 1. The molecule has 6 heteroatoms. The fraction of sp³-hybridized carbons (Fsp3) is 0.385. The molecule has 0 aromatic heterocycles. The molecule has 1 aromatic rings. The maximum atomic E-state index is 11.4. The topological polar surface area (TPSA) is 93.1 Å². The molecule has 0 radical (unpaired) electrons. The molecule has 2 N–H and O–H groups in total. The summed E-state index contributed by atoms with van der Waals surface area (Å²) in [6.07, 6.45) is -1.57. The highest BCUT2D eigenvalue weighted by molar-refractivity contribution is 5.97. The molecule has 0 unspecified atom stereocenters. The van der Waals surface area contributed by atoms with Crippen LogP contribution in [0.15, 0.2) is 12.1 Å². The third kappa shape index (κ3) is 2.26. The normalized spacial score (nSPS) is 21.4. The molecule has 0 saturated carbocycles. The molecule has 0 amide bonds. The Hall–Kier alpha value is -2.08. The monoisotopic (exact) mass is 266 g/mol. The van der Waals surface area contributed by atoms with Gasteiger partial charge in [-0.1, -0.05) is 0 Å². The molecule has 1 heterocycles. The number of carboxylic acids is 1. The average Bonchev–Trinajstić information content (AvgIpc) is 2.37. The molecule has 0 saturated heterocycles. The average molecular weight is 266 g/mol. The molecule has 0 fully saturated rings. The van der Waals surface area contributed by atoms with Gasteiger partial charge in [-0.05, 0) is 19.1 Å². The van der Waals surface area contributed by atoms with Crippen molar-refractivity contribution in [2.45, 2.75) is 25.6 Å². The highest BCUT2D eigenvalue weighted by atomic mass is 16.5. The number of ketones is 1. The minimum Gasteiger partial charge on any atom is -0.507 e. The first kappa shape index (κ1) is 13.4. The summed E-state index contributed by atoms with van der Waals surface area (Å²) in [5.41, 5.74) is 0.492. The highest BCUT2D eigenvalue weighted by Crippen LogP contribution is 2.43. The van der Waals surface area contributed by atoms with E-state index in [1.54, 1.807) is 0 Å². The molecular weight excluding hydrogens is 252 g/mol. The number of hydrogen-bond acceptors (Lipinski definition) is 5. The summed E-state index contributed by atoms with van der Waals surface area (Å²) in [6.45, 7) is 1.34. The van der Waals surface area contributed by atoms with Crippen LogP contribution in [0.1, 0.15) is 35.4 Å². The maximum Gasteiger partial charge on any atom is 0.345 e. The van der Waals surface area contributed by atoms with E-state index in [0.717, 1.165) is 0 Å². The van der Waals surface area contributed by atoms with Crippen molar-refractivity contribution in [3.8, 4) is 11.5 Å². The number of carbonyl (C=O) groups is 2. The first-order valence-corrected chi connectivity index (χ1v) is 5.74. The molecule has 2 atom stereocenters. The van der Waals surface area contributed by atoms with Crippen LogP contribution >= 0.6 is 0 Å². The molecule has 1 aromatic carbocycles. The summed E-state index contributed by atoms with van der Waals surface area (Å²) in [5, 5.41) is 19.1. The minimum atomic E-state index is -1.09. The Balaban J connectivity index is 2.52. The standard InChI is InChI=1S/C13H14O6/c1-6(14)7-3-4-8-11(12(7)15)9(18-2)5-10(19-8)13(16)17/h3-4,9-10,15H,5H2,1-2H3,(H,16,17)/t9-,10-/m0/s1. The van der Waals surface area contributed by atoms with Gasteiger partial charge < -0.3 is 19.7 Å². The van der Waals surface area contributed by atoms with E-state index in [1.165, 1.54) is 26.2 Å². The van der Waals surface area contributed by atoms with Crippen LogP contribution in [-0.2, 0) is 9.53 Å². The lowest BCUT2D eigenvalue weighted by Gasteiger charge is -2.30. The molecule has 6 nitrogen and oxygen atoms in total. The number of carbonyl (C=O) groups excluding carboxylic acids is 1. The van der Waals surface area contributed by atoms with Crippen LogP contribution in [0.3, 0.4) is 0 Å². The van der Waals surface area contributed by atoms with Gasteiger partial charge >= 0.3 is 5.97 Å². The van der Waals surface area contributed by atoms with Crippen LogP contribution in [0, 0.1) is 0 Å². The SMILES string of the molecule is CO[C@H]1C[C@@H](C(=O)O)Oc2ccc(C(C)=O)c(O)c21. The van der Waals surface area contributed by atoms with Gasteiger partial charge in [0.2, 0.25) is 0 Å². The van der Waals surface area contributed by atoms with Gasteiger partial charge in [-0.2, -0.15) is 0 Å². The number of hydrogen-bond donors (Lipinski definition) is 2. The molecule has 0 bridgehead atoms. The number of carboxylic acid groups (broad SMARTS) is 1. The quantitative estimate of drug-likeness (QED) is 0.806. The molecule has 102 valence electrons. The Labute approximate surface area is 109 Å². The molecule has 0 aliphatic carbocycles. The second-order valence-corrected chi connectivity index (χ2v) is 4.33. The molecule has 0 spiro atoms. The number of aromatic hydroxyl groups is 1. The molecule has 19 heavy (non-hydrogen) atoms. The first-order valence-electron chi connectivity index (χ1n) is 5.74. The molecule has 1 aliphatic heterocycles. The van der Waals surface area contributed by atoms with Crippen molar-refractivity contribution in [2.24, 2.45) is 0 Å². The number of methoxy groups -OCH3 is 1. The first-order chi connectivity index (χ1) is 8.95. The van der Waals surface area contributed by atoms with Gasteiger partial charge in [0.05, 0.1) is 17.2 Å². The van der Waals surface area contributed by atoms with Crippen LogP contribution in [0.2, 0.25) is 0 Å². The van der Waals surface area contributed by atoms with Gasteiger partial charge in [0, 0.05) is 13.5 Å². The van der Waals surface area contributed by atoms with Crippen molar-refractivity contribution < 1.29 is 29.3 Å². The third-order valence-electron chi connectivity index (χ3n) is 3.14. The van der Waals surface area contributed by atoms with Gasteiger partial charge in [0.1, 0.15) is 11.5 Å². The van der Waals surface area contributed by atoms with E-state index in [9.17, 15) is 14.7 Å². The van der Waals surface area contributed by atoms with Crippen LogP contribution in [-0.4, -0.2) is 35.2 Å². The smallest absolute Gasteiger partial charge is 0.345 e. The Kier molecular flexibility index (Phi) is 3.44. The molecule has 1 aliphatic rings. The summed E-state index contributed by atoms with van der Waals surface area (Å²) < 4.78 is 10.5. The predicted octanol–water partition coefficient (Wildman–Crippen LogP) is 1.52. The maximum absolute atomic E-state index is 11.4. The fourth-order valence-corrected chi connectivity index (χ4v) is 2.17. The Morgan fingerprint density at radius 3 is 2.63 bits per heavy atom. The Morgan fingerprint density at radius 1 is 1.42 bits per heavy atom. The van der Waals surface area contributed by atoms with Crippen molar-refractivity contribution >= 4 is 11.8 Å².